The third-order valence-electron chi connectivity index (χ3n) is 3.52. The molecule has 0 aliphatic carbocycles. The number of para-hydroxylation sites is 1. The Hall–Kier alpha value is -2.86. The molecule has 0 radical (unpaired) electrons. The van der Waals surface area contributed by atoms with Crippen molar-refractivity contribution >= 4 is 23.2 Å². The van der Waals surface area contributed by atoms with Crippen LogP contribution in [0.25, 0.3) is 0 Å². The molecule has 0 fully saturated rings. The summed E-state index contributed by atoms with van der Waals surface area (Å²) in [6.45, 7) is 2.27. The van der Waals surface area contributed by atoms with Crippen molar-refractivity contribution in [2.45, 2.75) is 19.8 Å². The van der Waals surface area contributed by atoms with Gasteiger partial charge >= 0.3 is 0 Å². The minimum atomic E-state index is -0.265. The second-order valence-electron chi connectivity index (χ2n) is 5.62. The van der Waals surface area contributed by atoms with Crippen LogP contribution in [0.2, 0.25) is 0 Å². The van der Waals surface area contributed by atoms with Crippen molar-refractivity contribution in [1.29, 1.82) is 0 Å². The molecule has 0 bridgehead atoms. The van der Waals surface area contributed by atoms with Gasteiger partial charge in [-0.1, -0.05) is 24.3 Å². The topological polar surface area (TPSA) is 93.5 Å². The molecule has 2 rings (SSSR count). The number of nitrogens with two attached hydrogens (primary N) is 1. The Morgan fingerprint density at radius 1 is 1.04 bits per heavy atom. The molecule has 0 aliphatic rings. The number of aryl methyl sites for hydroxylation is 1. The molecule has 0 atom stereocenters. The molecule has 0 saturated carbocycles. The largest absolute Gasteiger partial charge is 0.484 e. The van der Waals surface area contributed by atoms with Crippen molar-refractivity contribution < 1.29 is 14.3 Å². The van der Waals surface area contributed by atoms with E-state index >= 15 is 0 Å². The fraction of sp³-hybridized carbons (Fsp3) is 0.263. The van der Waals surface area contributed by atoms with Crippen molar-refractivity contribution in [2.75, 3.05) is 23.8 Å². The number of carbonyl (C=O) groups excluding carboxylic acids is 2. The Kier molecular flexibility index (Phi) is 6.98. The van der Waals surface area contributed by atoms with Gasteiger partial charge in [-0.05, 0) is 49.7 Å². The molecule has 0 aromatic heterocycles. The van der Waals surface area contributed by atoms with E-state index in [9.17, 15) is 9.59 Å². The Labute approximate surface area is 147 Å². The molecule has 2 aromatic rings. The number of ether oxygens (including phenoxy) is 1. The monoisotopic (exact) mass is 341 g/mol. The first-order valence-electron chi connectivity index (χ1n) is 8.17. The number of hydrogen-bond donors (Lipinski definition) is 3. The second kappa shape index (κ2) is 9.44. The predicted molar refractivity (Wildman–Crippen MR) is 98.7 cm³/mol. The van der Waals surface area contributed by atoms with Gasteiger partial charge in [0.1, 0.15) is 5.75 Å². The van der Waals surface area contributed by atoms with Crippen LogP contribution < -0.4 is 21.1 Å². The summed E-state index contributed by atoms with van der Waals surface area (Å²) in [5.74, 6) is 0.271. The van der Waals surface area contributed by atoms with E-state index < -0.39 is 0 Å². The smallest absolute Gasteiger partial charge is 0.262 e. The third kappa shape index (κ3) is 6.27. The van der Waals surface area contributed by atoms with Crippen molar-refractivity contribution in [2.24, 2.45) is 5.73 Å². The predicted octanol–water partition coefficient (Wildman–Crippen LogP) is 2.69. The third-order valence-corrected chi connectivity index (χ3v) is 3.52. The molecule has 6 heteroatoms. The summed E-state index contributed by atoms with van der Waals surface area (Å²) in [7, 11) is 0. The van der Waals surface area contributed by atoms with Gasteiger partial charge in [-0.25, -0.2) is 0 Å². The maximum absolute atomic E-state index is 12.1. The lowest BCUT2D eigenvalue weighted by Crippen LogP contribution is -2.21. The van der Waals surface area contributed by atoms with Crippen molar-refractivity contribution in [3.63, 3.8) is 0 Å². The number of carbonyl (C=O) groups is 2. The van der Waals surface area contributed by atoms with Crippen LogP contribution in [0.3, 0.4) is 0 Å². The number of rotatable bonds is 8. The summed E-state index contributed by atoms with van der Waals surface area (Å²) >= 11 is 0. The van der Waals surface area contributed by atoms with Crippen LogP contribution in [0.5, 0.6) is 5.75 Å². The summed E-state index contributed by atoms with van der Waals surface area (Å²) in [5, 5.41) is 5.60. The Bertz CT molecular complexity index is 717. The molecule has 6 nitrogen and oxygen atoms in total. The Morgan fingerprint density at radius 3 is 2.52 bits per heavy atom. The maximum Gasteiger partial charge on any atom is 0.262 e. The SMILES string of the molecule is Cc1ccc(NC(=O)CCCN)cc1NC(=O)COc1ccccc1. The zero-order valence-corrected chi connectivity index (χ0v) is 14.2. The highest BCUT2D eigenvalue weighted by atomic mass is 16.5. The lowest BCUT2D eigenvalue weighted by Gasteiger charge is -2.12. The number of hydrogen-bond acceptors (Lipinski definition) is 4. The first kappa shape index (κ1) is 18.5. The lowest BCUT2D eigenvalue weighted by molar-refractivity contribution is -0.118. The zero-order chi connectivity index (χ0) is 18.1. The normalized spacial score (nSPS) is 10.2. The quantitative estimate of drug-likeness (QED) is 0.688. The molecule has 2 amide bonds. The summed E-state index contributed by atoms with van der Waals surface area (Å²) < 4.78 is 5.43. The summed E-state index contributed by atoms with van der Waals surface area (Å²) in [4.78, 5) is 23.9. The van der Waals surface area contributed by atoms with Crippen molar-refractivity contribution in [3.8, 4) is 5.75 Å². The van der Waals surface area contributed by atoms with Crippen LogP contribution in [0.1, 0.15) is 18.4 Å². The maximum atomic E-state index is 12.1. The first-order valence-corrected chi connectivity index (χ1v) is 8.17. The molecule has 2 aromatic carbocycles. The highest BCUT2D eigenvalue weighted by molar-refractivity contribution is 5.95. The highest BCUT2D eigenvalue weighted by Gasteiger charge is 2.08. The summed E-state index contributed by atoms with van der Waals surface area (Å²) in [6.07, 6.45) is 1.01. The van der Waals surface area contributed by atoms with Gasteiger partial charge in [0.15, 0.2) is 6.61 Å². The zero-order valence-electron chi connectivity index (χ0n) is 14.2. The van der Waals surface area contributed by atoms with Crippen LogP contribution in [-0.4, -0.2) is 25.0 Å². The van der Waals surface area contributed by atoms with Crippen LogP contribution in [0.15, 0.2) is 48.5 Å². The number of anilines is 2. The number of nitrogens with one attached hydrogen (secondary N) is 2. The van der Waals surface area contributed by atoms with Crippen LogP contribution in [0, 0.1) is 6.92 Å². The molecular formula is C19H23N3O3. The van der Waals surface area contributed by atoms with Gasteiger partial charge in [-0.3, -0.25) is 9.59 Å². The van der Waals surface area contributed by atoms with Crippen LogP contribution in [0.4, 0.5) is 11.4 Å². The standard InChI is InChI=1S/C19H23N3O3/c1-14-9-10-15(21-18(23)8-5-11-20)12-17(14)22-19(24)13-25-16-6-3-2-4-7-16/h2-4,6-7,9-10,12H,5,8,11,13,20H2,1H3,(H,21,23)(H,22,24). The van der Waals surface area contributed by atoms with Crippen molar-refractivity contribution in [1.82, 2.24) is 0 Å². The van der Waals surface area contributed by atoms with Gasteiger partial charge in [0, 0.05) is 17.8 Å². The minimum absolute atomic E-state index is 0.0868. The van der Waals surface area contributed by atoms with Gasteiger partial charge in [0.2, 0.25) is 5.91 Å². The van der Waals surface area contributed by atoms with E-state index in [0.29, 0.717) is 36.5 Å². The molecule has 0 unspecified atom stereocenters. The number of amides is 2. The molecule has 0 heterocycles. The molecular weight excluding hydrogens is 318 g/mol. The van der Waals surface area contributed by atoms with Gasteiger partial charge in [-0.15, -0.1) is 0 Å². The van der Waals surface area contributed by atoms with E-state index in [1.807, 2.05) is 31.2 Å². The van der Waals surface area contributed by atoms with Crippen LogP contribution in [-0.2, 0) is 9.59 Å². The van der Waals surface area contributed by atoms with E-state index in [0.717, 1.165) is 5.56 Å². The second-order valence-corrected chi connectivity index (χ2v) is 5.62. The van der Waals surface area contributed by atoms with E-state index in [4.69, 9.17) is 10.5 Å². The van der Waals surface area contributed by atoms with Gasteiger partial charge < -0.3 is 21.1 Å². The Balaban J connectivity index is 1.92. The number of benzene rings is 2. The summed E-state index contributed by atoms with van der Waals surface area (Å²) in [6, 6.07) is 14.5. The van der Waals surface area contributed by atoms with Gasteiger partial charge in [-0.2, -0.15) is 0 Å². The minimum Gasteiger partial charge on any atom is -0.484 e. The molecule has 25 heavy (non-hydrogen) atoms. The fourth-order valence-electron chi connectivity index (χ4n) is 2.17. The Morgan fingerprint density at radius 2 is 1.80 bits per heavy atom. The molecule has 0 aliphatic heterocycles. The highest BCUT2D eigenvalue weighted by Crippen LogP contribution is 2.20. The molecule has 132 valence electrons. The fourth-order valence-corrected chi connectivity index (χ4v) is 2.17. The van der Waals surface area contributed by atoms with Crippen molar-refractivity contribution in [3.05, 3.63) is 54.1 Å². The average Bonchev–Trinajstić information content (AvgIpc) is 2.62. The van der Waals surface area contributed by atoms with E-state index in [1.165, 1.54) is 0 Å². The van der Waals surface area contributed by atoms with E-state index in [2.05, 4.69) is 10.6 Å². The van der Waals surface area contributed by atoms with E-state index in [-0.39, 0.29) is 18.4 Å². The molecule has 0 spiro atoms. The molecule has 4 N–H and O–H groups in total. The first-order chi connectivity index (χ1) is 12.1. The van der Waals surface area contributed by atoms with E-state index in [1.54, 1.807) is 24.3 Å². The average molecular weight is 341 g/mol. The lowest BCUT2D eigenvalue weighted by atomic mass is 10.1. The van der Waals surface area contributed by atoms with Crippen LogP contribution >= 0.6 is 0 Å². The molecule has 0 saturated heterocycles. The van der Waals surface area contributed by atoms with Gasteiger partial charge in [0.25, 0.3) is 5.91 Å². The van der Waals surface area contributed by atoms with Gasteiger partial charge in [0.05, 0.1) is 0 Å². The summed E-state index contributed by atoms with van der Waals surface area (Å²) in [5.41, 5.74) is 7.57.